The Morgan fingerprint density at radius 2 is 2.27 bits per heavy atom. The van der Waals surface area contributed by atoms with Crippen LogP contribution in [0.25, 0.3) is 10.2 Å². The molecule has 0 unspecified atom stereocenters. The SMILES string of the molecule is C=CCn1c(=NC(=O)c2ccc(Br)o2)sc2cc(Cl)ccc21. The third-order valence-corrected chi connectivity index (χ3v) is 4.64. The van der Waals surface area contributed by atoms with Gasteiger partial charge in [-0.25, -0.2) is 0 Å². The number of thiazole rings is 1. The number of furan rings is 1. The molecule has 0 radical (unpaired) electrons. The molecule has 3 aromatic rings. The van der Waals surface area contributed by atoms with Crippen molar-refractivity contribution in [2.75, 3.05) is 0 Å². The van der Waals surface area contributed by atoms with Gasteiger partial charge in [-0.1, -0.05) is 29.0 Å². The predicted molar refractivity (Wildman–Crippen MR) is 91.3 cm³/mol. The van der Waals surface area contributed by atoms with Gasteiger partial charge >= 0.3 is 5.91 Å². The smallest absolute Gasteiger partial charge is 0.315 e. The zero-order chi connectivity index (χ0) is 15.7. The number of hydrogen-bond donors (Lipinski definition) is 0. The maximum Gasteiger partial charge on any atom is 0.315 e. The largest absolute Gasteiger partial charge is 0.444 e. The number of carbonyl (C=O) groups excluding carboxylic acids is 1. The lowest BCUT2D eigenvalue weighted by molar-refractivity contribution is 0.0970. The molecule has 112 valence electrons. The fourth-order valence-electron chi connectivity index (χ4n) is 2.01. The number of aromatic nitrogens is 1. The highest BCUT2D eigenvalue weighted by Crippen LogP contribution is 2.22. The number of hydrogen-bond acceptors (Lipinski definition) is 3. The third kappa shape index (κ3) is 2.95. The first-order valence-electron chi connectivity index (χ1n) is 6.32. The molecule has 0 bridgehead atoms. The van der Waals surface area contributed by atoms with Crippen molar-refractivity contribution in [1.29, 1.82) is 0 Å². The van der Waals surface area contributed by atoms with Gasteiger partial charge < -0.3 is 8.98 Å². The molecule has 3 rings (SSSR count). The molecule has 0 aliphatic rings. The van der Waals surface area contributed by atoms with Crippen LogP contribution in [0.1, 0.15) is 10.6 Å². The lowest BCUT2D eigenvalue weighted by Gasteiger charge is -2.00. The molecule has 0 saturated heterocycles. The number of rotatable bonds is 3. The van der Waals surface area contributed by atoms with E-state index in [0.717, 1.165) is 10.2 Å². The van der Waals surface area contributed by atoms with Crippen molar-refractivity contribution in [3.05, 3.63) is 63.2 Å². The van der Waals surface area contributed by atoms with Gasteiger partial charge in [0.2, 0.25) is 0 Å². The van der Waals surface area contributed by atoms with Crippen LogP contribution in [0.15, 0.2) is 57.1 Å². The molecule has 0 atom stereocenters. The number of amides is 1. The highest BCUT2D eigenvalue weighted by atomic mass is 79.9. The van der Waals surface area contributed by atoms with Crippen molar-refractivity contribution in [2.24, 2.45) is 4.99 Å². The first kappa shape index (κ1) is 15.3. The molecule has 0 saturated carbocycles. The molecule has 0 aliphatic carbocycles. The second kappa shape index (κ2) is 6.24. The van der Waals surface area contributed by atoms with Crippen molar-refractivity contribution < 1.29 is 9.21 Å². The number of benzene rings is 1. The minimum Gasteiger partial charge on any atom is -0.444 e. The van der Waals surface area contributed by atoms with Crippen LogP contribution >= 0.6 is 38.9 Å². The summed E-state index contributed by atoms with van der Waals surface area (Å²) in [7, 11) is 0. The van der Waals surface area contributed by atoms with E-state index in [1.165, 1.54) is 11.3 Å². The standard InChI is InChI=1S/C15H10BrClN2O2S/c1-2-7-19-10-4-3-9(17)8-12(10)22-15(19)18-14(20)11-5-6-13(16)21-11/h2-6,8H,1,7H2. The van der Waals surface area contributed by atoms with Crippen molar-refractivity contribution >= 4 is 55.0 Å². The molecule has 4 nitrogen and oxygen atoms in total. The molecule has 0 N–H and O–H groups in total. The Hall–Kier alpha value is -1.63. The van der Waals surface area contributed by atoms with E-state index >= 15 is 0 Å². The predicted octanol–water partition coefficient (Wildman–Crippen LogP) is 4.64. The molecular formula is C15H10BrClN2O2S. The minimum atomic E-state index is -0.429. The van der Waals surface area contributed by atoms with E-state index in [1.807, 2.05) is 22.8 Å². The molecule has 2 heterocycles. The number of fused-ring (bicyclic) bond motifs is 1. The van der Waals surface area contributed by atoms with Crippen molar-refractivity contribution in [2.45, 2.75) is 6.54 Å². The summed E-state index contributed by atoms with van der Waals surface area (Å²) >= 11 is 10.6. The molecule has 1 aromatic carbocycles. The van der Waals surface area contributed by atoms with Gasteiger partial charge in [0.1, 0.15) is 0 Å². The summed E-state index contributed by atoms with van der Waals surface area (Å²) in [6.07, 6.45) is 1.76. The van der Waals surface area contributed by atoms with Gasteiger partial charge in [0.15, 0.2) is 15.2 Å². The van der Waals surface area contributed by atoms with Crippen molar-refractivity contribution in [3.8, 4) is 0 Å². The van der Waals surface area contributed by atoms with Gasteiger partial charge in [-0.3, -0.25) is 4.79 Å². The number of carbonyl (C=O) groups is 1. The second-order valence-electron chi connectivity index (χ2n) is 4.42. The third-order valence-electron chi connectivity index (χ3n) is 2.94. The molecule has 0 aliphatic heterocycles. The van der Waals surface area contributed by atoms with Crippen molar-refractivity contribution in [3.63, 3.8) is 0 Å². The van der Waals surface area contributed by atoms with Crippen LogP contribution in [0.4, 0.5) is 0 Å². The van der Waals surface area contributed by atoms with E-state index in [4.69, 9.17) is 16.0 Å². The summed E-state index contributed by atoms with van der Waals surface area (Å²) in [6, 6.07) is 8.81. The van der Waals surface area contributed by atoms with Gasteiger partial charge in [-0.05, 0) is 46.3 Å². The lowest BCUT2D eigenvalue weighted by Crippen LogP contribution is -2.16. The van der Waals surface area contributed by atoms with Crippen LogP contribution < -0.4 is 4.80 Å². The number of halogens is 2. The highest BCUT2D eigenvalue weighted by Gasteiger charge is 2.11. The van der Waals surface area contributed by atoms with Gasteiger partial charge in [0.05, 0.1) is 10.2 Å². The Morgan fingerprint density at radius 1 is 1.45 bits per heavy atom. The average molecular weight is 398 g/mol. The van der Waals surface area contributed by atoms with Gasteiger partial charge in [-0.15, -0.1) is 6.58 Å². The zero-order valence-corrected chi connectivity index (χ0v) is 14.4. The maximum atomic E-state index is 12.2. The molecule has 1 amide bonds. The molecule has 7 heteroatoms. The second-order valence-corrected chi connectivity index (χ2v) is 6.64. The fraction of sp³-hybridized carbons (Fsp3) is 0.0667. The van der Waals surface area contributed by atoms with E-state index in [9.17, 15) is 4.79 Å². The summed E-state index contributed by atoms with van der Waals surface area (Å²) in [6.45, 7) is 4.30. The summed E-state index contributed by atoms with van der Waals surface area (Å²) in [5.41, 5.74) is 0.960. The molecule has 2 aromatic heterocycles. The number of nitrogens with zero attached hydrogens (tertiary/aromatic N) is 2. The minimum absolute atomic E-state index is 0.188. The molecule has 0 spiro atoms. The topological polar surface area (TPSA) is 47.5 Å². The maximum absolute atomic E-state index is 12.2. The van der Waals surface area contributed by atoms with E-state index in [-0.39, 0.29) is 5.76 Å². The van der Waals surface area contributed by atoms with Gasteiger partial charge in [-0.2, -0.15) is 4.99 Å². The van der Waals surface area contributed by atoms with Crippen molar-refractivity contribution in [1.82, 2.24) is 4.57 Å². The van der Waals surface area contributed by atoms with Crippen LogP contribution in [0.5, 0.6) is 0 Å². The van der Waals surface area contributed by atoms with E-state index < -0.39 is 5.91 Å². The lowest BCUT2D eigenvalue weighted by atomic mass is 10.3. The summed E-state index contributed by atoms with van der Waals surface area (Å²) in [5, 5.41) is 0.646. The summed E-state index contributed by atoms with van der Waals surface area (Å²) < 4.78 is 8.61. The van der Waals surface area contributed by atoms with E-state index in [2.05, 4.69) is 27.5 Å². The van der Waals surface area contributed by atoms with Gasteiger partial charge in [0.25, 0.3) is 0 Å². The Kier molecular flexibility index (Phi) is 4.33. The summed E-state index contributed by atoms with van der Waals surface area (Å²) in [5.74, 6) is -0.242. The molecule has 0 fully saturated rings. The Bertz CT molecular complexity index is 939. The number of allylic oxidation sites excluding steroid dienone is 1. The van der Waals surface area contributed by atoms with E-state index in [1.54, 1.807) is 18.2 Å². The Labute approximate surface area is 143 Å². The monoisotopic (exact) mass is 396 g/mol. The van der Waals surface area contributed by atoms with Crippen LogP contribution in [0.3, 0.4) is 0 Å². The molecular weight excluding hydrogens is 388 g/mol. The zero-order valence-electron chi connectivity index (χ0n) is 11.3. The van der Waals surface area contributed by atoms with E-state index in [0.29, 0.717) is 21.0 Å². The quantitative estimate of drug-likeness (QED) is 0.605. The Balaban J connectivity index is 2.16. The van der Waals surface area contributed by atoms with Gasteiger partial charge in [0, 0.05) is 11.6 Å². The molecule has 22 heavy (non-hydrogen) atoms. The fourth-order valence-corrected chi connectivity index (χ4v) is 3.63. The average Bonchev–Trinajstić information content (AvgIpc) is 3.04. The van der Waals surface area contributed by atoms with Crippen LogP contribution in [-0.2, 0) is 6.54 Å². The van der Waals surface area contributed by atoms with Crippen LogP contribution in [0.2, 0.25) is 5.02 Å². The van der Waals surface area contributed by atoms with Crippen LogP contribution in [0, 0.1) is 0 Å². The highest BCUT2D eigenvalue weighted by molar-refractivity contribution is 9.10. The Morgan fingerprint density at radius 3 is 2.95 bits per heavy atom. The first-order valence-corrected chi connectivity index (χ1v) is 8.31. The summed E-state index contributed by atoms with van der Waals surface area (Å²) in [4.78, 5) is 16.9. The van der Waals surface area contributed by atoms with Crippen LogP contribution in [-0.4, -0.2) is 10.5 Å². The normalized spacial score (nSPS) is 12.0. The first-order chi connectivity index (χ1) is 10.6.